The number of sulfone groups is 1. The lowest BCUT2D eigenvalue weighted by molar-refractivity contribution is -0.142. The van der Waals surface area contributed by atoms with Crippen molar-refractivity contribution in [1.29, 1.82) is 0 Å². The number of halogens is 1. The van der Waals surface area contributed by atoms with Crippen LogP contribution in [0.5, 0.6) is 11.5 Å². The highest BCUT2D eigenvalue weighted by atomic mass is 35.5. The smallest absolute Gasteiger partial charge is 0.307 e. The average molecular weight is 431 g/mol. The SMILES string of the molecule is O=C(CCS(=O)(=O)c1ccc2c(c1)OCCO2)OCC(=O)c1ccc(Cl)s1. The molecular formula is C17H15ClO7S2. The Balaban J connectivity index is 1.54. The summed E-state index contributed by atoms with van der Waals surface area (Å²) in [4.78, 5) is 24.0. The van der Waals surface area contributed by atoms with Gasteiger partial charge in [-0.3, -0.25) is 9.59 Å². The van der Waals surface area contributed by atoms with Crippen LogP contribution in [0.4, 0.5) is 0 Å². The Morgan fingerprint density at radius 1 is 1.11 bits per heavy atom. The molecule has 1 aliphatic rings. The third kappa shape index (κ3) is 5.00. The monoisotopic (exact) mass is 430 g/mol. The third-order valence-corrected chi connectivity index (χ3v) is 6.65. The van der Waals surface area contributed by atoms with E-state index in [2.05, 4.69) is 0 Å². The third-order valence-electron chi connectivity index (χ3n) is 3.66. The largest absolute Gasteiger partial charge is 0.486 e. The normalized spacial score (nSPS) is 13.2. The van der Waals surface area contributed by atoms with Crippen LogP contribution in [-0.2, 0) is 19.4 Å². The second-order valence-electron chi connectivity index (χ2n) is 5.56. The van der Waals surface area contributed by atoms with Crippen molar-refractivity contribution in [3.05, 3.63) is 39.5 Å². The van der Waals surface area contributed by atoms with E-state index in [0.717, 1.165) is 11.3 Å². The first kappa shape index (κ1) is 19.7. The molecule has 1 aromatic carbocycles. The molecule has 2 heterocycles. The van der Waals surface area contributed by atoms with Gasteiger partial charge in [-0.25, -0.2) is 8.42 Å². The van der Waals surface area contributed by atoms with Crippen molar-refractivity contribution in [3.63, 3.8) is 0 Å². The molecular weight excluding hydrogens is 416 g/mol. The van der Waals surface area contributed by atoms with Crippen LogP contribution in [0.25, 0.3) is 0 Å². The highest BCUT2D eigenvalue weighted by Crippen LogP contribution is 2.32. The summed E-state index contributed by atoms with van der Waals surface area (Å²) in [5.41, 5.74) is 0. The Morgan fingerprint density at radius 2 is 1.85 bits per heavy atom. The van der Waals surface area contributed by atoms with Crippen LogP contribution in [0.3, 0.4) is 0 Å². The lowest BCUT2D eigenvalue weighted by atomic mass is 10.3. The molecule has 10 heteroatoms. The van der Waals surface area contributed by atoms with Gasteiger partial charge in [-0.05, 0) is 24.3 Å². The predicted molar refractivity (Wildman–Crippen MR) is 98.7 cm³/mol. The Morgan fingerprint density at radius 3 is 2.56 bits per heavy atom. The summed E-state index contributed by atoms with van der Waals surface area (Å²) in [6.07, 6.45) is -0.366. The molecule has 0 amide bonds. The zero-order valence-electron chi connectivity index (χ0n) is 14.0. The van der Waals surface area contributed by atoms with Gasteiger partial charge in [0.15, 0.2) is 27.9 Å². The van der Waals surface area contributed by atoms with Crippen LogP contribution >= 0.6 is 22.9 Å². The van der Waals surface area contributed by atoms with Gasteiger partial charge in [-0.1, -0.05) is 11.6 Å². The van der Waals surface area contributed by atoms with Crippen LogP contribution in [0.1, 0.15) is 16.1 Å². The van der Waals surface area contributed by atoms with Gasteiger partial charge in [-0.2, -0.15) is 0 Å². The molecule has 2 aromatic rings. The summed E-state index contributed by atoms with van der Waals surface area (Å²) in [7, 11) is -3.71. The van der Waals surface area contributed by atoms with E-state index in [1.807, 2.05) is 0 Å². The molecule has 0 fully saturated rings. The molecule has 0 spiro atoms. The van der Waals surface area contributed by atoms with Crippen molar-refractivity contribution in [2.75, 3.05) is 25.6 Å². The van der Waals surface area contributed by atoms with Crippen LogP contribution in [-0.4, -0.2) is 45.7 Å². The molecule has 0 bridgehead atoms. The topological polar surface area (TPSA) is 96.0 Å². The van der Waals surface area contributed by atoms with Crippen molar-refractivity contribution in [2.45, 2.75) is 11.3 Å². The highest BCUT2D eigenvalue weighted by Gasteiger charge is 2.21. The van der Waals surface area contributed by atoms with Crippen LogP contribution in [0, 0.1) is 0 Å². The van der Waals surface area contributed by atoms with Crippen molar-refractivity contribution < 1.29 is 32.2 Å². The summed E-state index contributed by atoms with van der Waals surface area (Å²) in [6, 6.07) is 7.40. The van der Waals surface area contributed by atoms with Gasteiger partial charge < -0.3 is 14.2 Å². The summed E-state index contributed by atoms with van der Waals surface area (Å²) >= 11 is 6.82. The van der Waals surface area contributed by atoms with E-state index >= 15 is 0 Å². The van der Waals surface area contributed by atoms with Crippen molar-refractivity contribution in [3.8, 4) is 11.5 Å². The lowest BCUT2D eigenvalue weighted by Crippen LogP contribution is -2.18. The first-order chi connectivity index (χ1) is 12.8. The summed E-state index contributed by atoms with van der Waals surface area (Å²) in [5.74, 6) is -0.774. The molecule has 0 atom stereocenters. The van der Waals surface area contributed by atoms with Crippen molar-refractivity contribution in [1.82, 2.24) is 0 Å². The summed E-state index contributed by atoms with van der Waals surface area (Å²) < 4.78 is 40.8. The van der Waals surface area contributed by atoms with Crippen molar-refractivity contribution in [2.24, 2.45) is 0 Å². The molecule has 0 N–H and O–H groups in total. The quantitative estimate of drug-likeness (QED) is 0.492. The lowest BCUT2D eigenvalue weighted by Gasteiger charge is -2.18. The molecule has 3 rings (SSSR count). The Kier molecular flexibility index (Phi) is 6.03. The van der Waals surface area contributed by atoms with E-state index in [0.29, 0.717) is 33.9 Å². The van der Waals surface area contributed by atoms with E-state index in [-0.39, 0.29) is 11.3 Å². The summed E-state index contributed by atoms with van der Waals surface area (Å²) in [6.45, 7) is 0.285. The van der Waals surface area contributed by atoms with Gasteiger partial charge in [0.2, 0.25) is 5.78 Å². The number of benzene rings is 1. The Bertz CT molecular complexity index is 965. The fraction of sp³-hybridized carbons (Fsp3) is 0.294. The zero-order valence-corrected chi connectivity index (χ0v) is 16.4. The van der Waals surface area contributed by atoms with Gasteiger partial charge in [-0.15, -0.1) is 11.3 Å². The Hall–Kier alpha value is -2.10. The van der Waals surface area contributed by atoms with Crippen LogP contribution in [0.15, 0.2) is 35.2 Å². The fourth-order valence-corrected chi connectivity index (χ4v) is 4.51. The summed E-state index contributed by atoms with van der Waals surface area (Å²) in [5, 5.41) is 0. The predicted octanol–water partition coefficient (Wildman–Crippen LogP) is 2.76. The number of ketones is 1. The highest BCUT2D eigenvalue weighted by molar-refractivity contribution is 7.91. The van der Waals surface area contributed by atoms with Gasteiger partial charge in [0.25, 0.3) is 0 Å². The van der Waals surface area contributed by atoms with Gasteiger partial charge in [0.1, 0.15) is 13.2 Å². The minimum Gasteiger partial charge on any atom is -0.486 e. The average Bonchev–Trinajstić information content (AvgIpc) is 3.10. The van der Waals surface area contributed by atoms with Gasteiger partial charge in [0.05, 0.1) is 26.3 Å². The molecule has 0 unspecified atom stereocenters. The zero-order chi connectivity index (χ0) is 19.4. The number of carbonyl (C=O) groups excluding carboxylic acids is 2. The fourth-order valence-electron chi connectivity index (χ4n) is 2.31. The minimum atomic E-state index is -3.71. The number of ether oxygens (including phenoxy) is 3. The van der Waals surface area contributed by atoms with E-state index in [1.54, 1.807) is 6.07 Å². The molecule has 1 aliphatic heterocycles. The molecule has 7 nitrogen and oxygen atoms in total. The molecule has 1 aromatic heterocycles. The molecule has 0 saturated carbocycles. The van der Waals surface area contributed by atoms with Gasteiger partial charge >= 0.3 is 5.97 Å². The van der Waals surface area contributed by atoms with Crippen LogP contribution < -0.4 is 9.47 Å². The first-order valence-electron chi connectivity index (χ1n) is 7.92. The van der Waals surface area contributed by atoms with E-state index in [1.165, 1.54) is 24.3 Å². The molecule has 144 valence electrons. The maximum Gasteiger partial charge on any atom is 0.307 e. The Labute approximate surface area is 164 Å². The number of hydrogen-bond acceptors (Lipinski definition) is 8. The number of fused-ring (bicyclic) bond motifs is 1. The first-order valence-corrected chi connectivity index (χ1v) is 10.8. The number of Topliss-reactive ketones (excluding diaryl/α,β-unsaturated/α-hetero) is 1. The number of rotatable bonds is 7. The maximum atomic E-state index is 12.4. The minimum absolute atomic E-state index is 0.0313. The second kappa shape index (κ2) is 8.28. The number of thiophene rings is 1. The number of carbonyl (C=O) groups is 2. The van der Waals surface area contributed by atoms with E-state index in [4.69, 9.17) is 25.8 Å². The standard InChI is InChI=1S/C17H15ClO7S2/c18-16-4-3-15(26-16)12(19)10-25-17(20)5-8-27(21,22)11-1-2-13-14(9-11)24-7-6-23-13/h1-4,9H,5-8,10H2. The van der Waals surface area contributed by atoms with Crippen LogP contribution in [0.2, 0.25) is 4.34 Å². The van der Waals surface area contributed by atoms with E-state index in [9.17, 15) is 18.0 Å². The number of hydrogen-bond donors (Lipinski definition) is 0. The van der Waals surface area contributed by atoms with E-state index < -0.39 is 33.9 Å². The number of esters is 1. The molecule has 0 saturated heterocycles. The molecule has 0 aliphatic carbocycles. The molecule has 0 radical (unpaired) electrons. The van der Waals surface area contributed by atoms with Gasteiger partial charge in [0, 0.05) is 6.07 Å². The van der Waals surface area contributed by atoms with Crippen molar-refractivity contribution >= 4 is 44.5 Å². The second-order valence-corrected chi connectivity index (χ2v) is 9.39. The molecule has 27 heavy (non-hydrogen) atoms. The maximum absolute atomic E-state index is 12.4.